The summed E-state index contributed by atoms with van der Waals surface area (Å²) in [6.07, 6.45) is 3.20. The van der Waals surface area contributed by atoms with E-state index in [1.165, 1.54) is 20.3 Å². The van der Waals surface area contributed by atoms with Crippen LogP contribution in [-0.2, 0) is 19.1 Å². The fourth-order valence-electron chi connectivity index (χ4n) is 0.732. The van der Waals surface area contributed by atoms with Gasteiger partial charge in [-0.2, -0.15) is 0 Å². The van der Waals surface area contributed by atoms with E-state index in [-0.39, 0.29) is 5.57 Å². The fourth-order valence-corrected chi connectivity index (χ4v) is 0.732. The van der Waals surface area contributed by atoms with E-state index in [0.717, 1.165) is 5.57 Å². The second kappa shape index (κ2) is 5.96. The van der Waals surface area contributed by atoms with Crippen molar-refractivity contribution < 1.29 is 19.1 Å². The molecule has 0 aromatic heterocycles. The number of hydrogen-bond donors (Lipinski definition) is 0. The van der Waals surface area contributed by atoms with Gasteiger partial charge in [-0.05, 0) is 19.9 Å². The lowest BCUT2D eigenvalue weighted by Crippen LogP contribution is -2.15. The highest BCUT2D eigenvalue weighted by Gasteiger charge is 2.19. The average molecular weight is 198 g/mol. The largest absolute Gasteiger partial charge is 0.465 e. The van der Waals surface area contributed by atoms with Gasteiger partial charge in [-0.3, -0.25) is 0 Å². The van der Waals surface area contributed by atoms with Crippen molar-refractivity contribution in [3.63, 3.8) is 0 Å². The standard InChI is InChI=1S/C10H14O4/c1-5-7(2)6-8(9(11)13-3)10(12)14-4/h5-6H,1-4H3/b7-5+. The van der Waals surface area contributed by atoms with Crippen LogP contribution in [0, 0.1) is 0 Å². The van der Waals surface area contributed by atoms with Gasteiger partial charge < -0.3 is 9.47 Å². The van der Waals surface area contributed by atoms with Gasteiger partial charge in [0.25, 0.3) is 0 Å². The predicted molar refractivity (Wildman–Crippen MR) is 51.5 cm³/mol. The molecule has 0 saturated heterocycles. The molecule has 4 heteroatoms. The number of carbonyl (C=O) groups excluding carboxylic acids is 2. The Morgan fingerprint density at radius 3 is 1.79 bits per heavy atom. The minimum Gasteiger partial charge on any atom is -0.465 e. The van der Waals surface area contributed by atoms with Crippen molar-refractivity contribution in [1.82, 2.24) is 0 Å². The molecule has 0 unspecified atom stereocenters. The normalized spacial score (nSPS) is 10.4. The van der Waals surface area contributed by atoms with Crippen LogP contribution in [0.5, 0.6) is 0 Å². The molecular weight excluding hydrogens is 184 g/mol. The Balaban J connectivity index is 5.00. The fraction of sp³-hybridized carbons (Fsp3) is 0.400. The molecule has 14 heavy (non-hydrogen) atoms. The van der Waals surface area contributed by atoms with Crippen molar-refractivity contribution in [1.29, 1.82) is 0 Å². The number of methoxy groups -OCH3 is 2. The molecular formula is C10H14O4. The molecule has 0 aliphatic rings. The van der Waals surface area contributed by atoms with Gasteiger partial charge in [0, 0.05) is 0 Å². The molecule has 0 heterocycles. The molecule has 0 aromatic carbocycles. The van der Waals surface area contributed by atoms with Crippen molar-refractivity contribution in [3.05, 3.63) is 23.3 Å². The molecule has 0 aromatic rings. The van der Waals surface area contributed by atoms with Crippen LogP contribution in [0.2, 0.25) is 0 Å². The van der Waals surface area contributed by atoms with Crippen molar-refractivity contribution in [2.24, 2.45) is 0 Å². The van der Waals surface area contributed by atoms with Gasteiger partial charge in [0.15, 0.2) is 0 Å². The van der Waals surface area contributed by atoms with Crippen molar-refractivity contribution in [3.8, 4) is 0 Å². The Bertz CT molecular complexity index is 268. The smallest absolute Gasteiger partial charge is 0.345 e. The monoisotopic (exact) mass is 198 g/mol. The van der Waals surface area contributed by atoms with Gasteiger partial charge in [0.05, 0.1) is 14.2 Å². The zero-order valence-electron chi connectivity index (χ0n) is 8.79. The minimum absolute atomic E-state index is 0.106. The third-order valence-electron chi connectivity index (χ3n) is 1.64. The Hall–Kier alpha value is -1.58. The zero-order valence-corrected chi connectivity index (χ0v) is 8.79. The maximum atomic E-state index is 11.1. The topological polar surface area (TPSA) is 52.6 Å². The lowest BCUT2D eigenvalue weighted by atomic mass is 10.1. The molecule has 0 radical (unpaired) electrons. The summed E-state index contributed by atoms with van der Waals surface area (Å²) in [5.74, 6) is -1.39. The number of esters is 2. The molecule has 0 rings (SSSR count). The van der Waals surface area contributed by atoms with Crippen LogP contribution >= 0.6 is 0 Å². The highest BCUT2D eigenvalue weighted by Crippen LogP contribution is 2.06. The third-order valence-corrected chi connectivity index (χ3v) is 1.64. The first-order valence-corrected chi connectivity index (χ1v) is 4.08. The molecule has 0 aliphatic carbocycles. The second-order valence-corrected chi connectivity index (χ2v) is 2.57. The maximum Gasteiger partial charge on any atom is 0.345 e. The molecule has 0 spiro atoms. The summed E-state index contributed by atoms with van der Waals surface area (Å²) in [5, 5.41) is 0. The van der Waals surface area contributed by atoms with E-state index >= 15 is 0 Å². The van der Waals surface area contributed by atoms with Crippen molar-refractivity contribution >= 4 is 11.9 Å². The van der Waals surface area contributed by atoms with E-state index in [9.17, 15) is 9.59 Å². The summed E-state index contributed by atoms with van der Waals surface area (Å²) in [4.78, 5) is 22.3. The molecule has 0 saturated carbocycles. The van der Waals surface area contributed by atoms with Crippen LogP contribution in [0.1, 0.15) is 13.8 Å². The summed E-state index contributed by atoms with van der Waals surface area (Å²) < 4.78 is 8.89. The maximum absolute atomic E-state index is 11.1. The Kier molecular flexibility index (Phi) is 5.29. The zero-order chi connectivity index (χ0) is 11.1. The Morgan fingerprint density at radius 1 is 1.07 bits per heavy atom. The Morgan fingerprint density at radius 2 is 1.50 bits per heavy atom. The highest BCUT2D eigenvalue weighted by molar-refractivity contribution is 6.14. The second-order valence-electron chi connectivity index (χ2n) is 2.57. The average Bonchev–Trinajstić information content (AvgIpc) is 2.23. The molecule has 0 atom stereocenters. The number of rotatable bonds is 3. The van der Waals surface area contributed by atoms with Crippen LogP contribution < -0.4 is 0 Å². The summed E-state index contributed by atoms with van der Waals surface area (Å²) in [7, 11) is 2.42. The van der Waals surface area contributed by atoms with E-state index in [4.69, 9.17) is 0 Å². The van der Waals surface area contributed by atoms with Gasteiger partial charge in [-0.15, -0.1) is 0 Å². The van der Waals surface area contributed by atoms with Gasteiger partial charge in [-0.25, -0.2) is 9.59 Å². The van der Waals surface area contributed by atoms with Crippen molar-refractivity contribution in [2.75, 3.05) is 14.2 Å². The first-order chi connectivity index (χ1) is 6.56. The van der Waals surface area contributed by atoms with Gasteiger partial charge >= 0.3 is 11.9 Å². The molecule has 0 amide bonds. The van der Waals surface area contributed by atoms with E-state index in [2.05, 4.69) is 9.47 Å². The first-order valence-electron chi connectivity index (χ1n) is 4.08. The van der Waals surface area contributed by atoms with E-state index < -0.39 is 11.9 Å². The lowest BCUT2D eigenvalue weighted by Gasteiger charge is -2.02. The molecule has 4 nitrogen and oxygen atoms in total. The summed E-state index contributed by atoms with van der Waals surface area (Å²) in [5.41, 5.74) is 0.682. The highest BCUT2D eigenvalue weighted by atomic mass is 16.5. The summed E-state index contributed by atoms with van der Waals surface area (Å²) >= 11 is 0. The Labute approximate surface area is 83.2 Å². The number of carbonyl (C=O) groups is 2. The number of allylic oxidation sites excluding steroid dienone is 3. The van der Waals surface area contributed by atoms with Crippen LogP contribution in [0.3, 0.4) is 0 Å². The molecule has 0 fully saturated rings. The SMILES string of the molecule is C/C=C(\C)C=C(C(=O)OC)C(=O)OC. The third kappa shape index (κ3) is 3.43. The lowest BCUT2D eigenvalue weighted by molar-refractivity contribution is -0.144. The quantitative estimate of drug-likeness (QED) is 0.225. The van der Waals surface area contributed by atoms with Crippen LogP contribution in [-0.4, -0.2) is 26.2 Å². The van der Waals surface area contributed by atoms with E-state index in [1.807, 2.05) is 0 Å². The van der Waals surface area contributed by atoms with Crippen LogP contribution in [0.15, 0.2) is 23.3 Å². The van der Waals surface area contributed by atoms with E-state index in [0.29, 0.717) is 0 Å². The van der Waals surface area contributed by atoms with E-state index in [1.54, 1.807) is 19.9 Å². The van der Waals surface area contributed by atoms with Crippen LogP contribution in [0.25, 0.3) is 0 Å². The molecule has 0 N–H and O–H groups in total. The first kappa shape index (κ1) is 12.4. The predicted octanol–water partition coefficient (Wildman–Crippen LogP) is 1.23. The summed E-state index contributed by atoms with van der Waals surface area (Å²) in [6, 6.07) is 0. The van der Waals surface area contributed by atoms with Crippen LogP contribution in [0.4, 0.5) is 0 Å². The number of hydrogen-bond acceptors (Lipinski definition) is 4. The molecule has 78 valence electrons. The minimum atomic E-state index is -0.696. The summed E-state index contributed by atoms with van der Waals surface area (Å²) in [6.45, 7) is 3.57. The van der Waals surface area contributed by atoms with Gasteiger partial charge in [0.1, 0.15) is 5.57 Å². The van der Waals surface area contributed by atoms with Gasteiger partial charge in [0.2, 0.25) is 0 Å². The molecule has 0 bridgehead atoms. The van der Waals surface area contributed by atoms with Gasteiger partial charge in [-0.1, -0.05) is 11.6 Å². The number of ether oxygens (including phenoxy) is 2. The van der Waals surface area contributed by atoms with Crippen molar-refractivity contribution in [2.45, 2.75) is 13.8 Å². The molecule has 0 aliphatic heterocycles.